The SMILES string of the molecule is CC(C)(C(=O)NCCc1ccc(Cl)cc1)C(=O)NCc1ccc(Cl)cc1. The van der Waals surface area contributed by atoms with Gasteiger partial charge < -0.3 is 10.6 Å². The first kappa shape index (κ1) is 20.3. The van der Waals surface area contributed by atoms with Crippen LogP contribution in [0.5, 0.6) is 0 Å². The molecule has 0 spiro atoms. The van der Waals surface area contributed by atoms with E-state index in [0.717, 1.165) is 11.1 Å². The molecule has 4 nitrogen and oxygen atoms in total. The summed E-state index contributed by atoms with van der Waals surface area (Å²) in [5.74, 6) is -0.628. The van der Waals surface area contributed by atoms with Crippen molar-refractivity contribution in [3.05, 3.63) is 69.7 Å². The zero-order chi connectivity index (χ0) is 19.2. The summed E-state index contributed by atoms with van der Waals surface area (Å²) in [5.41, 5.74) is 0.827. The fourth-order valence-corrected chi connectivity index (χ4v) is 2.55. The number of nitrogens with one attached hydrogen (secondary N) is 2. The van der Waals surface area contributed by atoms with Gasteiger partial charge in [-0.25, -0.2) is 0 Å². The Morgan fingerprint density at radius 1 is 0.808 bits per heavy atom. The smallest absolute Gasteiger partial charge is 0.235 e. The van der Waals surface area contributed by atoms with Gasteiger partial charge in [-0.05, 0) is 55.7 Å². The Morgan fingerprint density at radius 2 is 1.27 bits per heavy atom. The average Bonchev–Trinajstić information content (AvgIpc) is 2.62. The lowest BCUT2D eigenvalue weighted by Gasteiger charge is -2.22. The largest absolute Gasteiger partial charge is 0.355 e. The molecule has 2 aromatic carbocycles. The minimum absolute atomic E-state index is 0.305. The summed E-state index contributed by atoms with van der Waals surface area (Å²) in [6.45, 7) is 4.02. The topological polar surface area (TPSA) is 58.2 Å². The summed E-state index contributed by atoms with van der Waals surface area (Å²) in [4.78, 5) is 24.8. The molecule has 0 fully saturated rings. The Morgan fingerprint density at radius 3 is 1.81 bits per heavy atom. The molecule has 0 atom stereocenters. The lowest BCUT2D eigenvalue weighted by Crippen LogP contribution is -2.48. The van der Waals surface area contributed by atoms with Crippen molar-refractivity contribution in [3.63, 3.8) is 0 Å². The van der Waals surface area contributed by atoms with Gasteiger partial charge in [-0.2, -0.15) is 0 Å². The van der Waals surface area contributed by atoms with Gasteiger partial charge in [-0.1, -0.05) is 47.5 Å². The van der Waals surface area contributed by atoms with E-state index in [1.54, 1.807) is 26.0 Å². The van der Waals surface area contributed by atoms with Crippen LogP contribution in [0, 0.1) is 5.41 Å². The van der Waals surface area contributed by atoms with Crippen molar-refractivity contribution < 1.29 is 9.59 Å². The number of amides is 2. The van der Waals surface area contributed by atoms with Crippen molar-refractivity contribution >= 4 is 35.0 Å². The van der Waals surface area contributed by atoms with Crippen molar-refractivity contribution in [1.29, 1.82) is 0 Å². The van der Waals surface area contributed by atoms with E-state index in [4.69, 9.17) is 23.2 Å². The van der Waals surface area contributed by atoms with Crippen LogP contribution in [0.25, 0.3) is 0 Å². The second-order valence-electron chi connectivity index (χ2n) is 6.57. The van der Waals surface area contributed by atoms with E-state index in [9.17, 15) is 9.59 Å². The van der Waals surface area contributed by atoms with Crippen LogP contribution in [0.2, 0.25) is 10.0 Å². The second-order valence-corrected chi connectivity index (χ2v) is 7.44. The van der Waals surface area contributed by atoms with Crippen LogP contribution in [-0.4, -0.2) is 18.4 Å². The molecule has 2 aromatic rings. The molecule has 2 rings (SSSR count). The summed E-state index contributed by atoms with van der Waals surface area (Å²) >= 11 is 11.7. The number of carbonyl (C=O) groups excluding carboxylic acids is 2. The zero-order valence-electron chi connectivity index (χ0n) is 14.8. The number of rotatable bonds is 7. The van der Waals surface area contributed by atoms with E-state index >= 15 is 0 Å². The van der Waals surface area contributed by atoms with E-state index in [1.807, 2.05) is 36.4 Å². The van der Waals surface area contributed by atoms with Crippen molar-refractivity contribution in [1.82, 2.24) is 10.6 Å². The molecule has 0 aliphatic carbocycles. The average molecular weight is 393 g/mol. The first-order valence-corrected chi connectivity index (χ1v) is 9.10. The van der Waals surface area contributed by atoms with Crippen LogP contribution in [0.4, 0.5) is 0 Å². The highest BCUT2D eigenvalue weighted by Gasteiger charge is 2.35. The van der Waals surface area contributed by atoms with Crippen LogP contribution >= 0.6 is 23.2 Å². The molecule has 138 valence electrons. The molecule has 0 heterocycles. The lowest BCUT2D eigenvalue weighted by molar-refractivity contribution is -0.141. The highest BCUT2D eigenvalue weighted by molar-refractivity contribution is 6.30. The van der Waals surface area contributed by atoms with Crippen LogP contribution < -0.4 is 10.6 Å². The number of halogens is 2. The monoisotopic (exact) mass is 392 g/mol. The standard InChI is InChI=1S/C20H22Cl2N2O2/c1-20(2,19(26)24-13-15-5-9-17(22)10-6-15)18(25)23-12-11-14-3-7-16(21)8-4-14/h3-10H,11-13H2,1-2H3,(H,23,25)(H,24,26). The quantitative estimate of drug-likeness (QED) is 0.699. The molecule has 0 aliphatic heterocycles. The lowest BCUT2D eigenvalue weighted by atomic mass is 9.91. The van der Waals surface area contributed by atoms with Crippen LogP contribution in [0.3, 0.4) is 0 Å². The molecule has 0 aliphatic rings. The summed E-state index contributed by atoms with van der Waals surface area (Å²) in [5, 5.41) is 6.94. The third-order valence-electron chi connectivity index (χ3n) is 4.11. The minimum Gasteiger partial charge on any atom is -0.355 e. The fourth-order valence-electron chi connectivity index (χ4n) is 2.30. The van der Waals surface area contributed by atoms with E-state index in [1.165, 1.54) is 0 Å². The summed E-state index contributed by atoms with van der Waals surface area (Å²) in [6.07, 6.45) is 0.672. The Balaban J connectivity index is 1.82. The van der Waals surface area contributed by atoms with Crippen molar-refractivity contribution in [2.24, 2.45) is 5.41 Å². The third kappa shape index (κ3) is 5.75. The van der Waals surface area contributed by atoms with Gasteiger partial charge in [0, 0.05) is 23.1 Å². The Labute approximate surface area is 163 Å². The molecule has 2 N–H and O–H groups in total. The Bertz CT molecular complexity index is 756. The number of carbonyl (C=O) groups is 2. The van der Waals surface area contributed by atoms with E-state index in [2.05, 4.69) is 10.6 Å². The molecule has 0 saturated heterocycles. The molecular formula is C20H22Cl2N2O2. The van der Waals surface area contributed by atoms with Gasteiger partial charge in [-0.15, -0.1) is 0 Å². The van der Waals surface area contributed by atoms with Gasteiger partial charge in [0.05, 0.1) is 0 Å². The van der Waals surface area contributed by atoms with Crippen molar-refractivity contribution in [2.45, 2.75) is 26.8 Å². The molecular weight excluding hydrogens is 371 g/mol. The van der Waals surface area contributed by atoms with E-state index in [0.29, 0.717) is 29.6 Å². The first-order chi connectivity index (χ1) is 12.3. The summed E-state index contributed by atoms with van der Waals surface area (Å²) in [6, 6.07) is 14.6. The van der Waals surface area contributed by atoms with Crippen molar-refractivity contribution in [3.8, 4) is 0 Å². The fraction of sp³-hybridized carbons (Fsp3) is 0.300. The molecule has 0 bridgehead atoms. The van der Waals surface area contributed by atoms with Crippen LogP contribution in [0.15, 0.2) is 48.5 Å². The van der Waals surface area contributed by atoms with Gasteiger partial charge >= 0.3 is 0 Å². The van der Waals surface area contributed by atoms with Gasteiger partial charge in [0.15, 0.2) is 0 Å². The van der Waals surface area contributed by atoms with E-state index < -0.39 is 5.41 Å². The number of hydrogen-bond donors (Lipinski definition) is 2. The predicted octanol–water partition coefficient (Wildman–Crippen LogP) is 3.99. The van der Waals surface area contributed by atoms with Gasteiger partial charge in [0.2, 0.25) is 11.8 Å². The first-order valence-electron chi connectivity index (χ1n) is 8.34. The second kappa shape index (κ2) is 9.06. The number of benzene rings is 2. The Hall–Kier alpha value is -2.04. The molecule has 0 saturated carbocycles. The maximum Gasteiger partial charge on any atom is 0.235 e. The summed E-state index contributed by atoms with van der Waals surface area (Å²) < 4.78 is 0. The highest BCUT2D eigenvalue weighted by Crippen LogP contribution is 2.16. The van der Waals surface area contributed by atoms with Crippen molar-refractivity contribution in [2.75, 3.05) is 6.54 Å². The maximum atomic E-state index is 12.4. The van der Waals surface area contributed by atoms with Crippen LogP contribution in [-0.2, 0) is 22.6 Å². The molecule has 0 radical (unpaired) electrons. The van der Waals surface area contributed by atoms with Gasteiger partial charge in [0.1, 0.15) is 5.41 Å². The molecule has 2 amide bonds. The molecule has 0 aromatic heterocycles. The molecule has 0 unspecified atom stereocenters. The normalized spacial score (nSPS) is 11.1. The minimum atomic E-state index is -1.16. The van der Waals surface area contributed by atoms with Gasteiger partial charge in [0.25, 0.3) is 0 Å². The maximum absolute atomic E-state index is 12.4. The van der Waals surface area contributed by atoms with Gasteiger partial charge in [-0.3, -0.25) is 9.59 Å². The highest BCUT2D eigenvalue weighted by atomic mass is 35.5. The third-order valence-corrected chi connectivity index (χ3v) is 4.62. The number of hydrogen-bond acceptors (Lipinski definition) is 2. The van der Waals surface area contributed by atoms with E-state index in [-0.39, 0.29) is 11.8 Å². The molecule has 26 heavy (non-hydrogen) atoms. The van der Waals surface area contributed by atoms with Crippen LogP contribution in [0.1, 0.15) is 25.0 Å². The zero-order valence-corrected chi connectivity index (χ0v) is 16.3. The predicted molar refractivity (Wildman–Crippen MR) is 105 cm³/mol. The summed E-state index contributed by atoms with van der Waals surface area (Å²) in [7, 11) is 0. The Kier molecular flexibility index (Phi) is 7.06. The molecule has 6 heteroatoms.